The summed E-state index contributed by atoms with van der Waals surface area (Å²) in [5.74, 6) is 1.71. The fourth-order valence-corrected chi connectivity index (χ4v) is 3.63. The number of pyridine rings is 1. The summed E-state index contributed by atoms with van der Waals surface area (Å²) in [5.41, 5.74) is 1.08. The van der Waals surface area contributed by atoms with E-state index >= 15 is 0 Å². The van der Waals surface area contributed by atoms with Gasteiger partial charge in [0.05, 0.1) is 6.61 Å². The fraction of sp³-hybridized carbons (Fsp3) is 0.435. The molecule has 2 heterocycles. The lowest BCUT2D eigenvalue weighted by atomic mass is 10.0. The van der Waals surface area contributed by atoms with Crippen molar-refractivity contribution in [2.24, 2.45) is 4.99 Å². The van der Waals surface area contributed by atoms with E-state index in [1.165, 1.54) is 0 Å². The Hall–Kier alpha value is -3.13. The molecule has 1 amide bonds. The third-order valence-corrected chi connectivity index (χ3v) is 5.47. The van der Waals surface area contributed by atoms with Crippen molar-refractivity contribution < 1.29 is 9.90 Å². The minimum Gasteiger partial charge on any atom is -0.396 e. The van der Waals surface area contributed by atoms with Gasteiger partial charge in [0.1, 0.15) is 5.82 Å². The molecule has 1 unspecified atom stereocenters. The molecule has 3 N–H and O–H groups in total. The van der Waals surface area contributed by atoms with E-state index in [4.69, 9.17) is 0 Å². The smallest absolute Gasteiger partial charge is 0.224 e. The van der Waals surface area contributed by atoms with E-state index in [-0.39, 0.29) is 18.4 Å². The van der Waals surface area contributed by atoms with E-state index < -0.39 is 0 Å². The lowest BCUT2D eigenvalue weighted by Crippen LogP contribution is -2.49. The molecule has 1 aromatic heterocycles. The minimum absolute atomic E-state index is 0.0169. The predicted octanol–water partition coefficient (Wildman–Crippen LogP) is 1.06. The summed E-state index contributed by atoms with van der Waals surface area (Å²) in [6, 6.07) is 15.8. The third-order valence-electron chi connectivity index (χ3n) is 5.47. The first-order chi connectivity index (χ1) is 15.2. The van der Waals surface area contributed by atoms with Crippen LogP contribution in [0.1, 0.15) is 17.9 Å². The average molecular weight is 425 g/mol. The molecule has 2 aromatic rings. The Morgan fingerprint density at radius 3 is 2.48 bits per heavy atom. The quantitative estimate of drug-likeness (QED) is 0.434. The molecule has 8 heteroatoms. The number of hydrogen-bond donors (Lipinski definition) is 3. The highest BCUT2D eigenvalue weighted by molar-refractivity contribution is 5.81. The van der Waals surface area contributed by atoms with Crippen molar-refractivity contribution in [3.63, 3.8) is 0 Å². The molecule has 1 fully saturated rings. The Bertz CT molecular complexity index is 822. The van der Waals surface area contributed by atoms with Crippen molar-refractivity contribution in [2.75, 3.05) is 57.8 Å². The number of hydrogen-bond acceptors (Lipinski definition) is 5. The maximum atomic E-state index is 12.6. The zero-order chi connectivity index (χ0) is 21.9. The number of aliphatic imine (C=N–C) groups is 1. The number of carbonyl (C=O) groups excluding carboxylic acids is 1. The zero-order valence-corrected chi connectivity index (χ0v) is 18.1. The van der Waals surface area contributed by atoms with E-state index in [1.807, 2.05) is 53.4 Å². The number of rotatable bonds is 8. The van der Waals surface area contributed by atoms with Gasteiger partial charge in [0.25, 0.3) is 0 Å². The zero-order valence-electron chi connectivity index (χ0n) is 18.1. The Morgan fingerprint density at radius 2 is 1.84 bits per heavy atom. The number of amides is 1. The largest absolute Gasteiger partial charge is 0.396 e. The number of aromatic nitrogens is 1. The van der Waals surface area contributed by atoms with Crippen molar-refractivity contribution in [1.29, 1.82) is 0 Å². The number of guanidine groups is 1. The van der Waals surface area contributed by atoms with Gasteiger partial charge in [-0.2, -0.15) is 0 Å². The molecule has 1 atom stereocenters. The van der Waals surface area contributed by atoms with Gasteiger partial charge < -0.3 is 25.5 Å². The van der Waals surface area contributed by atoms with Crippen molar-refractivity contribution in [3.05, 3.63) is 60.3 Å². The van der Waals surface area contributed by atoms with Gasteiger partial charge in [-0.1, -0.05) is 36.4 Å². The number of nitrogens with zero attached hydrogens (tertiary/aromatic N) is 4. The summed E-state index contributed by atoms with van der Waals surface area (Å²) >= 11 is 0. The first-order valence-electron chi connectivity index (χ1n) is 10.8. The SMILES string of the molecule is CN=C(NCCC(=O)N1CCN(c2ccccn2)CC1)NCC(CO)c1ccccc1. The molecule has 31 heavy (non-hydrogen) atoms. The van der Waals surface area contributed by atoms with Crippen LogP contribution in [-0.2, 0) is 4.79 Å². The van der Waals surface area contributed by atoms with Crippen LogP contribution in [0.25, 0.3) is 0 Å². The molecule has 1 aliphatic rings. The molecule has 1 saturated heterocycles. The van der Waals surface area contributed by atoms with Crippen molar-refractivity contribution in [2.45, 2.75) is 12.3 Å². The second-order valence-electron chi connectivity index (χ2n) is 7.48. The van der Waals surface area contributed by atoms with Crippen LogP contribution in [0.2, 0.25) is 0 Å². The van der Waals surface area contributed by atoms with Crippen LogP contribution in [0.15, 0.2) is 59.7 Å². The number of aliphatic hydroxyl groups excluding tert-OH is 1. The summed E-state index contributed by atoms with van der Waals surface area (Å²) in [4.78, 5) is 25.3. The van der Waals surface area contributed by atoms with Crippen LogP contribution < -0.4 is 15.5 Å². The summed E-state index contributed by atoms with van der Waals surface area (Å²) in [6.45, 7) is 4.12. The molecule has 0 spiro atoms. The molecular weight excluding hydrogens is 392 g/mol. The normalized spacial score (nSPS) is 15.5. The Labute approximate surface area is 184 Å². The summed E-state index contributed by atoms with van der Waals surface area (Å²) in [5, 5.41) is 16.1. The Morgan fingerprint density at radius 1 is 1.10 bits per heavy atom. The third kappa shape index (κ3) is 6.68. The molecule has 1 aromatic carbocycles. The Kier molecular flexibility index (Phi) is 8.66. The maximum Gasteiger partial charge on any atom is 0.224 e. The molecule has 1 aliphatic heterocycles. The van der Waals surface area contributed by atoms with Crippen molar-refractivity contribution >= 4 is 17.7 Å². The molecule has 166 valence electrons. The molecule has 0 aliphatic carbocycles. The van der Waals surface area contributed by atoms with Gasteiger partial charge >= 0.3 is 0 Å². The highest BCUT2D eigenvalue weighted by Gasteiger charge is 2.21. The van der Waals surface area contributed by atoms with Gasteiger partial charge in [-0.25, -0.2) is 4.98 Å². The van der Waals surface area contributed by atoms with Gasteiger partial charge in [0, 0.05) is 64.9 Å². The monoisotopic (exact) mass is 424 g/mol. The number of aliphatic hydroxyl groups is 1. The minimum atomic E-state index is -0.0169. The van der Waals surface area contributed by atoms with Crippen LogP contribution in [0.4, 0.5) is 5.82 Å². The van der Waals surface area contributed by atoms with Gasteiger partial charge in [-0.3, -0.25) is 9.79 Å². The van der Waals surface area contributed by atoms with E-state index in [9.17, 15) is 9.90 Å². The topological polar surface area (TPSA) is 93.1 Å². The summed E-state index contributed by atoms with van der Waals surface area (Å²) in [7, 11) is 1.70. The van der Waals surface area contributed by atoms with Crippen LogP contribution >= 0.6 is 0 Å². The lowest BCUT2D eigenvalue weighted by molar-refractivity contribution is -0.131. The van der Waals surface area contributed by atoms with Crippen LogP contribution in [0.5, 0.6) is 0 Å². The second kappa shape index (κ2) is 11.9. The Balaban J connectivity index is 1.37. The van der Waals surface area contributed by atoms with Crippen LogP contribution in [-0.4, -0.2) is 79.8 Å². The maximum absolute atomic E-state index is 12.6. The lowest BCUT2D eigenvalue weighted by Gasteiger charge is -2.35. The molecule has 3 rings (SSSR count). The predicted molar refractivity (Wildman–Crippen MR) is 123 cm³/mol. The first kappa shape index (κ1) is 22.6. The number of benzene rings is 1. The van der Waals surface area contributed by atoms with E-state index in [2.05, 4.69) is 25.5 Å². The van der Waals surface area contributed by atoms with Gasteiger partial charge in [-0.15, -0.1) is 0 Å². The van der Waals surface area contributed by atoms with Crippen molar-refractivity contribution in [1.82, 2.24) is 20.5 Å². The van der Waals surface area contributed by atoms with Crippen LogP contribution in [0.3, 0.4) is 0 Å². The van der Waals surface area contributed by atoms with Gasteiger partial charge in [0.2, 0.25) is 5.91 Å². The number of anilines is 1. The summed E-state index contributed by atoms with van der Waals surface area (Å²) in [6.07, 6.45) is 2.20. The standard InChI is InChI=1S/C23H32N6O2/c1-24-23(27-17-20(18-30)19-7-3-2-4-8-19)26-12-10-22(31)29-15-13-28(14-16-29)21-9-5-6-11-25-21/h2-9,11,20,30H,10,12-18H2,1H3,(H2,24,26,27). The molecular formula is C23H32N6O2. The highest BCUT2D eigenvalue weighted by atomic mass is 16.3. The summed E-state index contributed by atoms with van der Waals surface area (Å²) < 4.78 is 0. The molecule has 0 radical (unpaired) electrons. The highest BCUT2D eigenvalue weighted by Crippen LogP contribution is 2.14. The first-order valence-corrected chi connectivity index (χ1v) is 10.8. The average Bonchev–Trinajstić information content (AvgIpc) is 2.84. The van der Waals surface area contributed by atoms with Gasteiger partial charge in [-0.05, 0) is 17.7 Å². The number of nitrogens with one attached hydrogen (secondary N) is 2. The fourth-order valence-electron chi connectivity index (χ4n) is 3.63. The van der Waals surface area contributed by atoms with Crippen LogP contribution in [0, 0.1) is 0 Å². The number of piperazine rings is 1. The van der Waals surface area contributed by atoms with E-state index in [0.717, 1.165) is 24.5 Å². The number of carbonyl (C=O) groups is 1. The van der Waals surface area contributed by atoms with E-state index in [0.29, 0.717) is 38.6 Å². The van der Waals surface area contributed by atoms with Crippen molar-refractivity contribution in [3.8, 4) is 0 Å². The molecule has 0 saturated carbocycles. The van der Waals surface area contributed by atoms with Gasteiger partial charge in [0.15, 0.2) is 5.96 Å². The molecule has 8 nitrogen and oxygen atoms in total. The second-order valence-corrected chi connectivity index (χ2v) is 7.48. The van der Waals surface area contributed by atoms with E-state index in [1.54, 1.807) is 13.2 Å². The molecule has 0 bridgehead atoms.